The van der Waals surface area contributed by atoms with Gasteiger partial charge in [-0.1, -0.05) is 12.1 Å². The molecule has 3 nitrogen and oxygen atoms in total. The minimum atomic E-state index is 0.186. The Labute approximate surface area is 95.9 Å². The lowest BCUT2D eigenvalue weighted by Gasteiger charge is -2.29. The van der Waals surface area contributed by atoms with E-state index in [1.54, 1.807) is 12.1 Å². The number of aromatic hydroxyl groups is 1. The Bertz CT molecular complexity index is 380. The van der Waals surface area contributed by atoms with Crippen LogP contribution >= 0.6 is 0 Å². The number of benzene rings is 1. The van der Waals surface area contributed by atoms with Gasteiger partial charge in [-0.3, -0.25) is 4.90 Å². The first-order valence-corrected chi connectivity index (χ1v) is 5.68. The minimum Gasteiger partial charge on any atom is -0.508 e. The second kappa shape index (κ2) is 5.00. The molecule has 0 aromatic heterocycles. The van der Waals surface area contributed by atoms with Crippen molar-refractivity contribution in [3.8, 4) is 11.8 Å². The van der Waals surface area contributed by atoms with E-state index in [0.717, 1.165) is 32.5 Å². The summed E-state index contributed by atoms with van der Waals surface area (Å²) >= 11 is 0. The number of piperidine rings is 1. The van der Waals surface area contributed by atoms with Crippen molar-refractivity contribution < 1.29 is 5.11 Å². The fraction of sp³-hybridized carbons (Fsp3) is 0.462. The fourth-order valence-corrected chi connectivity index (χ4v) is 2.16. The van der Waals surface area contributed by atoms with Crippen LogP contribution in [-0.2, 0) is 6.54 Å². The van der Waals surface area contributed by atoms with Crippen LogP contribution in [0.2, 0.25) is 0 Å². The van der Waals surface area contributed by atoms with Crippen LogP contribution in [0.5, 0.6) is 5.75 Å². The highest BCUT2D eigenvalue weighted by Crippen LogP contribution is 2.18. The van der Waals surface area contributed by atoms with Crippen molar-refractivity contribution in [2.75, 3.05) is 13.1 Å². The topological polar surface area (TPSA) is 47.3 Å². The molecule has 16 heavy (non-hydrogen) atoms. The molecule has 1 aliphatic rings. The van der Waals surface area contributed by atoms with E-state index < -0.39 is 0 Å². The number of phenols is 1. The summed E-state index contributed by atoms with van der Waals surface area (Å²) in [4.78, 5) is 2.31. The fourth-order valence-electron chi connectivity index (χ4n) is 2.16. The van der Waals surface area contributed by atoms with E-state index in [-0.39, 0.29) is 5.92 Å². The number of hydrogen-bond acceptors (Lipinski definition) is 3. The van der Waals surface area contributed by atoms with Gasteiger partial charge in [0, 0.05) is 13.1 Å². The maximum atomic E-state index is 9.19. The van der Waals surface area contributed by atoms with Gasteiger partial charge in [0.1, 0.15) is 5.75 Å². The molecule has 2 rings (SSSR count). The first-order valence-electron chi connectivity index (χ1n) is 5.68. The molecular formula is C13H16N2O. The van der Waals surface area contributed by atoms with Crippen LogP contribution in [0.15, 0.2) is 24.3 Å². The van der Waals surface area contributed by atoms with Gasteiger partial charge in [0.25, 0.3) is 0 Å². The molecule has 84 valence electrons. The van der Waals surface area contributed by atoms with Gasteiger partial charge in [0.05, 0.1) is 12.0 Å². The molecule has 0 amide bonds. The highest BCUT2D eigenvalue weighted by atomic mass is 16.3. The molecule has 1 aromatic rings. The van der Waals surface area contributed by atoms with Crippen LogP contribution in [0, 0.1) is 17.2 Å². The number of hydrogen-bond donors (Lipinski definition) is 1. The number of nitrogens with zero attached hydrogens (tertiary/aromatic N) is 2. The summed E-state index contributed by atoms with van der Waals surface area (Å²) in [6, 6.07) is 9.64. The zero-order valence-electron chi connectivity index (χ0n) is 9.26. The van der Waals surface area contributed by atoms with Crippen LogP contribution in [0.1, 0.15) is 18.4 Å². The predicted octanol–water partition coefficient (Wildman–Crippen LogP) is 2.13. The van der Waals surface area contributed by atoms with Crippen LogP contribution in [0.4, 0.5) is 0 Å². The number of phenolic OH excluding ortho intramolecular Hbond substituents is 1. The lowest BCUT2D eigenvalue weighted by atomic mass is 9.99. The van der Waals surface area contributed by atoms with Crippen molar-refractivity contribution in [2.24, 2.45) is 5.92 Å². The van der Waals surface area contributed by atoms with Gasteiger partial charge < -0.3 is 5.11 Å². The van der Waals surface area contributed by atoms with E-state index in [2.05, 4.69) is 11.0 Å². The number of likely N-dealkylation sites (tertiary alicyclic amines) is 1. The van der Waals surface area contributed by atoms with Crippen LogP contribution in [-0.4, -0.2) is 23.1 Å². The quantitative estimate of drug-likeness (QED) is 0.823. The zero-order valence-corrected chi connectivity index (χ0v) is 9.26. The number of rotatable bonds is 2. The SMILES string of the molecule is N#CC1CCCN(Cc2ccc(O)cc2)C1. The van der Waals surface area contributed by atoms with Gasteiger partial charge in [0.2, 0.25) is 0 Å². The lowest BCUT2D eigenvalue weighted by Crippen LogP contribution is -2.34. The lowest BCUT2D eigenvalue weighted by molar-refractivity contribution is 0.192. The monoisotopic (exact) mass is 216 g/mol. The highest BCUT2D eigenvalue weighted by molar-refractivity contribution is 5.25. The standard InChI is InChI=1S/C13H16N2O/c14-8-12-2-1-7-15(10-12)9-11-3-5-13(16)6-4-11/h3-6,12,16H,1-2,7,9-10H2. The second-order valence-electron chi connectivity index (χ2n) is 4.37. The molecule has 1 aromatic carbocycles. The van der Waals surface area contributed by atoms with Crippen LogP contribution in [0.25, 0.3) is 0 Å². The predicted molar refractivity (Wildman–Crippen MR) is 61.7 cm³/mol. The summed E-state index contributed by atoms with van der Waals surface area (Å²) < 4.78 is 0. The molecule has 1 heterocycles. The molecule has 1 saturated heterocycles. The molecule has 1 aliphatic heterocycles. The summed E-state index contributed by atoms with van der Waals surface area (Å²) in [5.74, 6) is 0.489. The van der Waals surface area contributed by atoms with Gasteiger partial charge in [0.15, 0.2) is 0 Å². The van der Waals surface area contributed by atoms with Gasteiger partial charge >= 0.3 is 0 Å². The molecule has 1 N–H and O–H groups in total. The van der Waals surface area contributed by atoms with E-state index in [1.165, 1.54) is 5.56 Å². The normalized spacial score (nSPS) is 21.6. The van der Waals surface area contributed by atoms with Gasteiger partial charge in [-0.2, -0.15) is 5.26 Å². The Hall–Kier alpha value is -1.53. The van der Waals surface area contributed by atoms with Crippen LogP contribution in [0.3, 0.4) is 0 Å². The molecular weight excluding hydrogens is 200 g/mol. The largest absolute Gasteiger partial charge is 0.508 e. The Morgan fingerprint density at radius 3 is 2.81 bits per heavy atom. The minimum absolute atomic E-state index is 0.186. The maximum absolute atomic E-state index is 9.19. The molecule has 1 unspecified atom stereocenters. The Balaban J connectivity index is 1.94. The molecule has 0 saturated carbocycles. The van der Waals surface area contributed by atoms with Crippen molar-refractivity contribution in [3.63, 3.8) is 0 Å². The number of nitriles is 1. The van der Waals surface area contributed by atoms with Crippen molar-refractivity contribution in [2.45, 2.75) is 19.4 Å². The van der Waals surface area contributed by atoms with Gasteiger partial charge in [-0.05, 0) is 37.1 Å². The summed E-state index contributed by atoms with van der Waals surface area (Å²) in [6.07, 6.45) is 2.14. The summed E-state index contributed by atoms with van der Waals surface area (Å²) in [5.41, 5.74) is 1.19. The Morgan fingerprint density at radius 1 is 1.38 bits per heavy atom. The van der Waals surface area contributed by atoms with Crippen molar-refractivity contribution in [1.29, 1.82) is 5.26 Å². The first kappa shape index (κ1) is 11.0. The molecule has 0 spiro atoms. The Morgan fingerprint density at radius 2 is 2.12 bits per heavy atom. The molecule has 0 radical (unpaired) electrons. The smallest absolute Gasteiger partial charge is 0.115 e. The van der Waals surface area contributed by atoms with E-state index >= 15 is 0 Å². The third-order valence-corrected chi connectivity index (χ3v) is 3.03. The van der Waals surface area contributed by atoms with Gasteiger partial charge in [-0.25, -0.2) is 0 Å². The highest BCUT2D eigenvalue weighted by Gasteiger charge is 2.19. The summed E-state index contributed by atoms with van der Waals surface area (Å²) in [7, 11) is 0. The van der Waals surface area contributed by atoms with Crippen molar-refractivity contribution in [1.82, 2.24) is 4.90 Å². The van der Waals surface area contributed by atoms with Crippen LogP contribution < -0.4 is 0 Å². The maximum Gasteiger partial charge on any atom is 0.115 e. The average Bonchev–Trinajstić information content (AvgIpc) is 2.32. The van der Waals surface area contributed by atoms with Crippen molar-refractivity contribution in [3.05, 3.63) is 29.8 Å². The van der Waals surface area contributed by atoms with E-state index in [0.29, 0.717) is 5.75 Å². The van der Waals surface area contributed by atoms with Gasteiger partial charge in [-0.15, -0.1) is 0 Å². The third-order valence-electron chi connectivity index (χ3n) is 3.03. The van der Waals surface area contributed by atoms with Crippen molar-refractivity contribution >= 4 is 0 Å². The molecule has 0 aliphatic carbocycles. The third kappa shape index (κ3) is 2.74. The molecule has 1 atom stereocenters. The molecule has 1 fully saturated rings. The van der Waals surface area contributed by atoms with E-state index in [4.69, 9.17) is 5.26 Å². The van der Waals surface area contributed by atoms with E-state index in [9.17, 15) is 5.11 Å². The average molecular weight is 216 g/mol. The first-order chi connectivity index (χ1) is 7.78. The summed E-state index contributed by atoms with van der Waals surface area (Å²) in [5, 5.41) is 18.1. The molecule has 3 heteroatoms. The van der Waals surface area contributed by atoms with E-state index in [1.807, 2.05) is 12.1 Å². The summed E-state index contributed by atoms with van der Waals surface area (Å²) in [6.45, 7) is 2.81. The zero-order chi connectivity index (χ0) is 11.4. The second-order valence-corrected chi connectivity index (χ2v) is 4.37. The molecule has 0 bridgehead atoms. The Kier molecular flexibility index (Phi) is 3.43.